The van der Waals surface area contributed by atoms with E-state index in [1.165, 1.54) is 0 Å². The Kier molecular flexibility index (Phi) is 3.79. The van der Waals surface area contributed by atoms with Crippen molar-refractivity contribution >= 4 is 0 Å². The van der Waals surface area contributed by atoms with Crippen LogP contribution in [0.25, 0.3) is 11.4 Å². The van der Waals surface area contributed by atoms with Gasteiger partial charge in [-0.25, -0.2) is 0 Å². The Bertz CT molecular complexity index is 370. The van der Waals surface area contributed by atoms with Gasteiger partial charge in [0, 0.05) is 24.9 Å². The fourth-order valence-electron chi connectivity index (χ4n) is 0.912. The largest absolute Gasteiger partial charge is 0.339 e. The lowest BCUT2D eigenvalue weighted by Gasteiger charge is -1.88. The maximum atomic E-state index is 4.83. The van der Waals surface area contributed by atoms with Crippen LogP contribution in [0.1, 0.15) is 19.7 Å². The summed E-state index contributed by atoms with van der Waals surface area (Å²) in [5, 5.41) is 3.76. The highest BCUT2D eigenvalue weighted by atomic mass is 16.5. The normalized spacial score (nSPS) is 9.07. The van der Waals surface area contributed by atoms with Crippen LogP contribution in [0.5, 0.6) is 0 Å². The molecule has 0 saturated heterocycles. The highest BCUT2D eigenvalue weighted by Crippen LogP contribution is 2.12. The summed E-state index contributed by atoms with van der Waals surface area (Å²) in [5.74, 6) is 1.15. The van der Waals surface area contributed by atoms with Crippen molar-refractivity contribution < 1.29 is 4.52 Å². The molecule has 4 heteroatoms. The molecule has 2 rings (SSSR count). The zero-order valence-electron chi connectivity index (χ0n) is 8.56. The quantitative estimate of drug-likeness (QED) is 0.694. The third-order valence-electron chi connectivity index (χ3n) is 1.45. The van der Waals surface area contributed by atoms with Gasteiger partial charge in [0.15, 0.2) is 0 Å². The van der Waals surface area contributed by atoms with Crippen molar-refractivity contribution in [1.29, 1.82) is 0 Å². The molecule has 0 spiro atoms. The van der Waals surface area contributed by atoms with Crippen LogP contribution >= 0.6 is 0 Å². The van der Waals surface area contributed by atoms with E-state index in [1.807, 2.05) is 26.0 Å². The van der Waals surface area contributed by atoms with E-state index < -0.39 is 0 Å². The molecule has 14 heavy (non-hydrogen) atoms. The minimum absolute atomic E-state index is 0.564. The fraction of sp³-hybridized carbons (Fsp3) is 0.300. The molecule has 74 valence electrons. The molecule has 0 fully saturated rings. The molecule has 0 atom stereocenters. The van der Waals surface area contributed by atoms with Crippen molar-refractivity contribution in [2.45, 2.75) is 20.8 Å². The zero-order chi connectivity index (χ0) is 10.4. The van der Waals surface area contributed by atoms with Gasteiger partial charge in [-0.05, 0) is 12.1 Å². The molecule has 0 radical (unpaired) electrons. The molecule has 0 amide bonds. The maximum Gasteiger partial charge on any atom is 0.223 e. The summed E-state index contributed by atoms with van der Waals surface area (Å²) >= 11 is 0. The average molecular weight is 191 g/mol. The fourth-order valence-corrected chi connectivity index (χ4v) is 0.912. The Hall–Kier alpha value is -1.71. The summed E-state index contributed by atoms with van der Waals surface area (Å²) in [6, 6.07) is 3.72. The minimum Gasteiger partial charge on any atom is -0.339 e. The van der Waals surface area contributed by atoms with Crippen molar-refractivity contribution in [2.24, 2.45) is 0 Å². The van der Waals surface area contributed by atoms with Crippen LogP contribution in [0.2, 0.25) is 0 Å². The zero-order valence-corrected chi connectivity index (χ0v) is 8.56. The van der Waals surface area contributed by atoms with Gasteiger partial charge in [-0.15, -0.1) is 0 Å². The van der Waals surface area contributed by atoms with Crippen LogP contribution in [-0.2, 0) is 0 Å². The second-order valence-corrected chi connectivity index (χ2v) is 2.38. The molecule has 0 saturated carbocycles. The number of hydrogen-bond acceptors (Lipinski definition) is 4. The topological polar surface area (TPSA) is 51.8 Å². The first-order chi connectivity index (χ1) is 6.86. The van der Waals surface area contributed by atoms with Crippen molar-refractivity contribution in [2.75, 3.05) is 0 Å². The molecule has 0 aliphatic rings. The van der Waals surface area contributed by atoms with Gasteiger partial charge in [0.25, 0.3) is 0 Å². The summed E-state index contributed by atoms with van der Waals surface area (Å²) in [4.78, 5) is 8.01. The molecule has 4 nitrogen and oxygen atoms in total. The smallest absolute Gasteiger partial charge is 0.223 e. The predicted molar refractivity (Wildman–Crippen MR) is 53.6 cm³/mol. The third-order valence-corrected chi connectivity index (χ3v) is 1.45. The van der Waals surface area contributed by atoms with Gasteiger partial charge < -0.3 is 4.52 Å². The van der Waals surface area contributed by atoms with E-state index in [0.29, 0.717) is 11.7 Å². The lowest BCUT2D eigenvalue weighted by atomic mass is 10.3. The van der Waals surface area contributed by atoms with Crippen molar-refractivity contribution in [1.82, 2.24) is 15.1 Å². The molecule has 2 aromatic heterocycles. The van der Waals surface area contributed by atoms with Gasteiger partial charge in [0.1, 0.15) is 0 Å². The first-order valence-corrected chi connectivity index (χ1v) is 4.57. The lowest BCUT2D eigenvalue weighted by molar-refractivity contribution is 0.394. The van der Waals surface area contributed by atoms with Crippen molar-refractivity contribution in [3.8, 4) is 11.4 Å². The maximum absolute atomic E-state index is 4.83. The van der Waals surface area contributed by atoms with Gasteiger partial charge in [0.2, 0.25) is 11.7 Å². The van der Waals surface area contributed by atoms with Gasteiger partial charge in [0.05, 0.1) is 0 Å². The van der Waals surface area contributed by atoms with Gasteiger partial charge >= 0.3 is 0 Å². The van der Waals surface area contributed by atoms with Crippen LogP contribution in [0.15, 0.2) is 29.0 Å². The summed E-state index contributed by atoms with van der Waals surface area (Å²) in [7, 11) is 0. The standard InChI is InChI=1S/C8H7N3O.C2H6/c1-6-10-8(11-12-6)7-3-2-4-9-5-7;1-2/h2-5H,1H3;1-2H3. The van der Waals surface area contributed by atoms with Crippen LogP contribution in [0, 0.1) is 6.92 Å². The van der Waals surface area contributed by atoms with Crippen LogP contribution in [-0.4, -0.2) is 15.1 Å². The predicted octanol–water partition coefficient (Wildman–Crippen LogP) is 2.47. The molecule has 0 aliphatic carbocycles. The van der Waals surface area contributed by atoms with Crippen molar-refractivity contribution in [3.05, 3.63) is 30.4 Å². The van der Waals surface area contributed by atoms with E-state index in [9.17, 15) is 0 Å². The second kappa shape index (κ2) is 5.11. The average Bonchev–Trinajstić information content (AvgIpc) is 2.69. The van der Waals surface area contributed by atoms with Crippen LogP contribution < -0.4 is 0 Å². The van der Waals surface area contributed by atoms with E-state index >= 15 is 0 Å². The van der Waals surface area contributed by atoms with E-state index in [-0.39, 0.29) is 0 Å². The summed E-state index contributed by atoms with van der Waals surface area (Å²) in [5.41, 5.74) is 0.870. The Morgan fingerprint density at radius 2 is 2.07 bits per heavy atom. The Morgan fingerprint density at radius 3 is 2.57 bits per heavy atom. The first kappa shape index (κ1) is 10.4. The molecule has 0 N–H and O–H groups in total. The van der Waals surface area contributed by atoms with Crippen molar-refractivity contribution in [3.63, 3.8) is 0 Å². The van der Waals surface area contributed by atoms with Crippen LogP contribution in [0.3, 0.4) is 0 Å². The first-order valence-electron chi connectivity index (χ1n) is 4.57. The molecule has 0 aliphatic heterocycles. The SMILES string of the molecule is CC.Cc1nc(-c2cccnc2)no1. The summed E-state index contributed by atoms with van der Waals surface area (Å²) < 4.78 is 4.83. The molecule has 0 unspecified atom stereocenters. The number of hydrogen-bond donors (Lipinski definition) is 0. The highest BCUT2D eigenvalue weighted by molar-refractivity contribution is 5.51. The minimum atomic E-state index is 0.564. The number of rotatable bonds is 1. The molecular weight excluding hydrogens is 178 g/mol. The van der Waals surface area contributed by atoms with Gasteiger partial charge in [-0.3, -0.25) is 4.98 Å². The Balaban J connectivity index is 0.000000461. The van der Waals surface area contributed by atoms with E-state index in [1.54, 1.807) is 19.3 Å². The number of nitrogens with zero attached hydrogens (tertiary/aromatic N) is 3. The highest BCUT2D eigenvalue weighted by Gasteiger charge is 2.03. The van der Waals surface area contributed by atoms with E-state index in [0.717, 1.165) is 5.56 Å². The van der Waals surface area contributed by atoms with Gasteiger partial charge in [-0.1, -0.05) is 19.0 Å². The summed E-state index contributed by atoms with van der Waals surface area (Å²) in [6.45, 7) is 5.76. The molecule has 2 heterocycles. The lowest BCUT2D eigenvalue weighted by Crippen LogP contribution is -1.80. The van der Waals surface area contributed by atoms with E-state index in [4.69, 9.17) is 4.52 Å². The number of pyridine rings is 1. The molecule has 2 aromatic rings. The Morgan fingerprint density at radius 1 is 1.29 bits per heavy atom. The van der Waals surface area contributed by atoms with Gasteiger partial charge in [-0.2, -0.15) is 4.98 Å². The third kappa shape index (κ3) is 2.39. The Labute approximate surface area is 83.0 Å². The van der Waals surface area contributed by atoms with E-state index in [2.05, 4.69) is 15.1 Å². The molecule has 0 aromatic carbocycles. The molecular formula is C10H13N3O. The second-order valence-electron chi connectivity index (χ2n) is 2.38. The number of aromatic nitrogens is 3. The number of aryl methyl sites for hydroxylation is 1. The monoisotopic (exact) mass is 191 g/mol. The summed E-state index contributed by atoms with van der Waals surface area (Å²) in [6.07, 6.45) is 3.40. The molecule has 0 bridgehead atoms. The van der Waals surface area contributed by atoms with Crippen LogP contribution in [0.4, 0.5) is 0 Å².